The molecule has 0 aliphatic carbocycles. The Morgan fingerprint density at radius 1 is 1.15 bits per heavy atom. The molecule has 0 unspecified atom stereocenters. The number of anilines is 1. The summed E-state index contributed by atoms with van der Waals surface area (Å²) in [6, 6.07) is 0. The van der Waals surface area contributed by atoms with E-state index in [1.807, 2.05) is 0 Å². The van der Waals surface area contributed by atoms with Crippen LogP contribution in [0.4, 0.5) is 5.82 Å². The molecular formula is C11H15N5O4. The summed E-state index contributed by atoms with van der Waals surface area (Å²) in [5, 5.41) is 18.3. The van der Waals surface area contributed by atoms with E-state index in [2.05, 4.69) is 15.0 Å². The van der Waals surface area contributed by atoms with Gasteiger partial charge in [0.15, 0.2) is 17.8 Å². The highest BCUT2D eigenvalue weighted by Crippen LogP contribution is 2.22. The van der Waals surface area contributed by atoms with E-state index in [1.165, 1.54) is 6.33 Å². The van der Waals surface area contributed by atoms with Crippen molar-refractivity contribution in [3.8, 4) is 0 Å². The summed E-state index contributed by atoms with van der Waals surface area (Å²) in [4.78, 5) is 12.1. The predicted octanol–water partition coefficient (Wildman–Crippen LogP) is -1.50. The summed E-state index contributed by atoms with van der Waals surface area (Å²) in [5.74, 6) is 0.309. The monoisotopic (exact) mass is 281 g/mol. The van der Waals surface area contributed by atoms with Gasteiger partial charge in [-0.05, 0) is 0 Å². The molecule has 2 aromatic rings. The van der Waals surface area contributed by atoms with Crippen LogP contribution in [0, 0.1) is 0 Å². The molecule has 0 amide bonds. The number of hydrogen-bond donors (Lipinski definition) is 3. The summed E-state index contributed by atoms with van der Waals surface area (Å²) in [5.41, 5.74) is 6.81. The highest BCUT2D eigenvalue weighted by molar-refractivity contribution is 5.81. The Morgan fingerprint density at radius 2 is 1.85 bits per heavy atom. The first-order chi connectivity index (χ1) is 9.72. The third-order valence-corrected chi connectivity index (χ3v) is 3.20. The topological polar surface area (TPSA) is 129 Å². The van der Waals surface area contributed by atoms with Gasteiger partial charge in [0.25, 0.3) is 0 Å². The van der Waals surface area contributed by atoms with Gasteiger partial charge >= 0.3 is 0 Å². The lowest BCUT2D eigenvalue weighted by Crippen LogP contribution is -2.29. The summed E-state index contributed by atoms with van der Waals surface area (Å²) < 4.78 is 12.8. The quantitative estimate of drug-likeness (QED) is 0.618. The molecule has 0 spiro atoms. The van der Waals surface area contributed by atoms with Gasteiger partial charge < -0.3 is 30.0 Å². The number of nitrogens with two attached hydrogens (primary N) is 1. The van der Waals surface area contributed by atoms with Crippen LogP contribution in [0.3, 0.4) is 0 Å². The van der Waals surface area contributed by atoms with Gasteiger partial charge in [-0.15, -0.1) is 0 Å². The molecule has 1 fully saturated rings. The van der Waals surface area contributed by atoms with Gasteiger partial charge in [-0.1, -0.05) is 0 Å². The number of fused-ring (bicyclic) bond motifs is 1. The van der Waals surface area contributed by atoms with E-state index < -0.39 is 18.5 Å². The van der Waals surface area contributed by atoms with Crippen molar-refractivity contribution in [1.82, 2.24) is 19.5 Å². The minimum atomic E-state index is -0.585. The van der Waals surface area contributed by atoms with Crippen LogP contribution in [0.1, 0.15) is 0 Å². The van der Waals surface area contributed by atoms with Crippen molar-refractivity contribution >= 4 is 17.0 Å². The van der Waals surface area contributed by atoms with E-state index in [0.29, 0.717) is 23.5 Å². The normalized spacial score (nSPS) is 23.7. The second-order valence-corrected chi connectivity index (χ2v) is 4.47. The van der Waals surface area contributed by atoms with Crippen molar-refractivity contribution in [2.24, 2.45) is 0 Å². The zero-order valence-electron chi connectivity index (χ0n) is 10.6. The standard InChI is InChI=1S/C11H15N5O4/c12-10-9-11(14-4-13-10)16(5-15-9)1-8-19-6(2-17)7(3-18)20-8/h4-8,17-18H,1-3H2,(H2,12,13,14)/t6-,7-/m1/s1. The lowest BCUT2D eigenvalue weighted by atomic mass is 10.2. The van der Waals surface area contributed by atoms with Crippen LogP contribution in [0.5, 0.6) is 0 Å². The van der Waals surface area contributed by atoms with E-state index in [9.17, 15) is 0 Å². The smallest absolute Gasteiger partial charge is 0.176 e. The minimum absolute atomic E-state index is 0.207. The molecule has 0 radical (unpaired) electrons. The number of rotatable bonds is 4. The average Bonchev–Trinajstić information content (AvgIpc) is 3.04. The second-order valence-electron chi connectivity index (χ2n) is 4.47. The van der Waals surface area contributed by atoms with E-state index in [-0.39, 0.29) is 13.2 Å². The molecule has 9 heteroatoms. The molecule has 2 atom stereocenters. The Balaban J connectivity index is 1.79. The van der Waals surface area contributed by atoms with Gasteiger partial charge in [0, 0.05) is 0 Å². The number of aliphatic hydroxyl groups excluding tert-OH is 2. The van der Waals surface area contributed by atoms with Crippen molar-refractivity contribution in [3.05, 3.63) is 12.7 Å². The predicted molar refractivity (Wildman–Crippen MR) is 67.4 cm³/mol. The SMILES string of the molecule is Nc1ncnc2c1ncn2CC1O[C@H](CO)[C@@H](CO)O1. The third-order valence-electron chi connectivity index (χ3n) is 3.20. The Hall–Kier alpha value is -1.81. The molecule has 1 saturated heterocycles. The van der Waals surface area contributed by atoms with E-state index in [1.54, 1.807) is 10.9 Å². The lowest BCUT2D eigenvalue weighted by molar-refractivity contribution is -0.0827. The van der Waals surface area contributed by atoms with Crippen molar-refractivity contribution in [3.63, 3.8) is 0 Å². The van der Waals surface area contributed by atoms with Gasteiger partial charge in [0.1, 0.15) is 24.1 Å². The number of nitrogen functional groups attached to an aromatic ring is 1. The fraction of sp³-hybridized carbons (Fsp3) is 0.545. The first-order valence-electron chi connectivity index (χ1n) is 6.17. The molecule has 0 aromatic carbocycles. The first-order valence-corrected chi connectivity index (χ1v) is 6.17. The van der Waals surface area contributed by atoms with Gasteiger partial charge in [-0.3, -0.25) is 0 Å². The molecule has 3 heterocycles. The summed E-state index contributed by atoms with van der Waals surface area (Å²) in [7, 11) is 0. The van der Waals surface area contributed by atoms with Gasteiger partial charge in [-0.2, -0.15) is 0 Å². The molecule has 1 aliphatic heterocycles. The molecule has 2 aromatic heterocycles. The maximum Gasteiger partial charge on any atom is 0.176 e. The zero-order valence-corrected chi connectivity index (χ0v) is 10.6. The van der Waals surface area contributed by atoms with Gasteiger partial charge in [0.2, 0.25) is 0 Å². The Morgan fingerprint density at radius 3 is 2.50 bits per heavy atom. The number of ether oxygens (including phenoxy) is 2. The Bertz CT molecular complexity index is 592. The van der Waals surface area contributed by atoms with Crippen LogP contribution in [-0.2, 0) is 16.0 Å². The highest BCUT2D eigenvalue weighted by Gasteiger charge is 2.35. The Kier molecular flexibility index (Phi) is 3.49. The molecular weight excluding hydrogens is 266 g/mol. The van der Waals surface area contributed by atoms with Crippen LogP contribution in [0.15, 0.2) is 12.7 Å². The molecule has 0 saturated carbocycles. The molecule has 1 aliphatic rings. The number of hydrogen-bond acceptors (Lipinski definition) is 8. The third kappa shape index (κ3) is 2.20. The lowest BCUT2D eigenvalue weighted by Gasteiger charge is -2.11. The number of imidazole rings is 1. The van der Waals surface area contributed by atoms with Crippen LogP contribution < -0.4 is 5.73 Å². The fourth-order valence-electron chi connectivity index (χ4n) is 2.20. The number of aliphatic hydroxyl groups is 2. The van der Waals surface area contributed by atoms with Crippen LogP contribution in [0.2, 0.25) is 0 Å². The molecule has 20 heavy (non-hydrogen) atoms. The van der Waals surface area contributed by atoms with Crippen molar-refractivity contribution in [2.75, 3.05) is 18.9 Å². The number of nitrogens with zero attached hydrogens (tertiary/aromatic N) is 4. The van der Waals surface area contributed by atoms with E-state index in [4.69, 9.17) is 25.4 Å². The van der Waals surface area contributed by atoms with E-state index >= 15 is 0 Å². The first kappa shape index (κ1) is 13.2. The summed E-state index contributed by atoms with van der Waals surface area (Å²) >= 11 is 0. The molecule has 3 rings (SSSR count). The summed E-state index contributed by atoms with van der Waals surface area (Å²) in [6.07, 6.45) is 1.29. The van der Waals surface area contributed by atoms with Crippen LogP contribution in [-0.4, -0.2) is 61.4 Å². The van der Waals surface area contributed by atoms with Crippen molar-refractivity contribution in [1.29, 1.82) is 0 Å². The second kappa shape index (κ2) is 5.29. The minimum Gasteiger partial charge on any atom is -0.394 e. The average molecular weight is 281 g/mol. The zero-order chi connectivity index (χ0) is 14.1. The van der Waals surface area contributed by atoms with Crippen molar-refractivity contribution in [2.45, 2.75) is 25.0 Å². The maximum atomic E-state index is 9.15. The molecule has 0 bridgehead atoms. The molecule has 108 valence electrons. The fourth-order valence-corrected chi connectivity index (χ4v) is 2.20. The van der Waals surface area contributed by atoms with Crippen molar-refractivity contribution < 1.29 is 19.7 Å². The van der Waals surface area contributed by atoms with Crippen LogP contribution >= 0.6 is 0 Å². The largest absolute Gasteiger partial charge is 0.394 e. The van der Waals surface area contributed by atoms with E-state index in [0.717, 1.165) is 0 Å². The molecule has 9 nitrogen and oxygen atoms in total. The highest BCUT2D eigenvalue weighted by atomic mass is 16.7. The summed E-state index contributed by atoms with van der Waals surface area (Å²) in [6.45, 7) is -0.0804. The molecule has 4 N–H and O–H groups in total. The van der Waals surface area contributed by atoms with Crippen LogP contribution in [0.25, 0.3) is 11.2 Å². The van der Waals surface area contributed by atoms with Gasteiger partial charge in [0.05, 0.1) is 26.1 Å². The van der Waals surface area contributed by atoms with Gasteiger partial charge in [-0.25, -0.2) is 15.0 Å². The maximum absolute atomic E-state index is 9.15. The number of aromatic nitrogens is 4. The Labute approximate surface area is 114 Å².